The van der Waals surface area contributed by atoms with Gasteiger partial charge < -0.3 is 5.32 Å². The van der Waals surface area contributed by atoms with Crippen LogP contribution < -0.4 is 5.32 Å². The van der Waals surface area contributed by atoms with Crippen molar-refractivity contribution in [3.05, 3.63) is 29.3 Å². The van der Waals surface area contributed by atoms with Gasteiger partial charge in [0.15, 0.2) is 0 Å². The monoisotopic (exact) mass is 219 g/mol. The number of benzene rings is 1. The minimum Gasteiger partial charge on any atom is -0.326 e. The molecule has 1 aromatic carbocycles. The van der Waals surface area contributed by atoms with Gasteiger partial charge in [-0.2, -0.15) is 0 Å². The largest absolute Gasteiger partial charge is 0.326 e. The molecule has 0 unspecified atom stereocenters. The quantitative estimate of drug-likeness (QED) is 0.822. The van der Waals surface area contributed by atoms with Gasteiger partial charge in [0, 0.05) is 11.6 Å². The van der Waals surface area contributed by atoms with Gasteiger partial charge in [0.2, 0.25) is 5.91 Å². The summed E-state index contributed by atoms with van der Waals surface area (Å²) in [5.41, 5.74) is 3.27. The van der Waals surface area contributed by atoms with Crippen molar-refractivity contribution in [3.63, 3.8) is 0 Å². The zero-order valence-electron chi connectivity index (χ0n) is 10.6. The lowest BCUT2D eigenvalue weighted by atomic mass is 10.0. The van der Waals surface area contributed by atoms with Crippen molar-refractivity contribution in [3.8, 4) is 0 Å². The second-order valence-electron chi connectivity index (χ2n) is 4.50. The van der Waals surface area contributed by atoms with Gasteiger partial charge in [-0.15, -0.1) is 0 Å². The van der Waals surface area contributed by atoms with Gasteiger partial charge in [-0.1, -0.05) is 38.0 Å². The molecule has 1 atom stereocenters. The molecule has 1 N–H and O–H groups in total. The van der Waals surface area contributed by atoms with Crippen molar-refractivity contribution in [2.24, 2.45) is 5.92 Å². The van der Waals surface area contributed by atoms with E-state index in [9.17, 15) is 4.79 Å². The highest BCUT2D eigenvalue weighted by atomic mass is 16.1. The third-order valence-corrected chi connectivity index (χ3v) is 2.81. The maximum Gasteiger partial charge on any atom is 0.227 e. The topological polar surface area (TPSA) is 29.1 Å². The Morgan fingerprint density at radius 1 is 1.38 bits per heavy atom. The van der Waals surface area contributed by atoms with Crippen LogP contribution in [0.2, 0.25) is 0 Å². The Labute approximate surface area is 98.1 Å². The Morgan fingerprint density at radius 3 is 2.62 bits per heavy atom. The van der Waals surface area contributed by atoms with E-state index in [1.807, 2.05) is 26.0 Å². The molecule has 0 aromatic heterocycles. The highest BCUT2D eigenvalue weighted by molar-refractivity contribution is 5.93. The van der Waals surface area contributed by atoms with Crippen molar-refractivity contribution >= 4 is 11.6 Å². The van der Waals surface area contributed by atoms with Gasteiger partial charge in [0.05, 0.1) is 0 Å². The molecule has 0 aliphatic rings. The molecule has 1 rings (SSSR count). The fourth-order valence-corrected chi connectivity index (χ4v) is 1.77. The molecular weight excluding hydrogens is 198 g/mol. The minimum atomic E-state index is 0.0886. The molecule has 0 saturated heterocycles. The van der Waals surface area contributed by atoms with Crippen LogP contribution in [-0.4, -0.2) is 5.91 Å². The van der Waals surface area contributed by atoms with E-state index in [4.69, 9.17) is 0 Å². The van der Waals surface area contributed by atoms with Crippen LogP contribution in [0.5, 0.6) is 0 Å². The molecule has 0 heterocycles. The van der Waals surface area contributed by atoms with E-state index in [1.165, 1.54) is 5.56 Å². The maximum absolute atomic E-state index is 11.8. The molecule has 1 aromatic rings. The van der Waals surface area contributed by atoms with Gasteiger partial charge in [-0.25, -0.2) is 0 Å². The Morgan fingerprint density at radius 2 is 2.06 bits per heavy atom. The number of aryl methyl sites for hydroxylation is 2. The van der Waals surface area contributed by atoms with Crippen molar-refractivity contribution < 1.29 is 4.79 Å². The average Bonchev–Trinajstić information content (AvgIpc) is 2.22. The standard InChI is InChI=1S/C14H21NO/c1-5-6-11(3)14(16)15-13-8-7-10(2)9-12(13)4/h7-9,11H,5-6H2,1-4H3,(H,15,16)/t11-/m1/s1. The molecule has 0 aliphatic carbocycles. The lowest BCUT2D eigenvalue weighted by Gasteiger charge is -2.13. The van der Waals surface area contributed by atoms with E-state index in [2.05, 4.69) is 25.2 Å². The van der Waals surface area contributed by atoms with Crippen molar-refractivity contribution in [1.29, 1.82) is 0 Å². The third kappa shape index (κ3) is 3.37. The summed E-state index contributed by atoms with van der Waals surface area (Å²) < 4.78 is 0. The molecule has 0 aliphatic heterocycles. The lowest BCUT2D eigenvalue weighted by Crippen LogP contribution is -2.20. The summed E-state index contributed by atoms with van der Waals surface area (Å²) in [7, 11) is 0. The number of rotatable bonds is 4. The normalized spacial score (nSPS) is 12.2. The van der Waals surface area contributed by atoms with Gasteiger partial charge in [-0.05, 0) is 31.9 Å². The smallest absolute Gasteiger partial charge is 0.227 e. The van der Waals surface area contributed by atoms with Gasteiger partial charge in [0.25, 0.3) is 0 Å². The SMILES string of the molecule is CCC[C@@H](C)C(=O)Nc1ccc(C)cc1C. The summed E-state index contributed by atoms with van der Waals surface area (Å²) >= 11 is 0. The van der Waals surface area contributed by atoms with Gasteiger partial charge in [-0.3, -0.25) is 4.79 Å². The Balaban J connectivity index is 2.69. The van der Waals surface area contributed by atoms with E-state index < -0.39 is 0 Å². The maximum atomic E-state index is 11.8. The van der Waals surface area contributed by atoms with E-state index in [0.717, 1.165) is 24.1 Å². The molecule has 0 fully saturated rings. The van der Waals surface area contributed by atoms with Crippen molar-refractivity contribution in [1.82, 2.24) is 0 Å². The highest BCUT2D eigenvalue weighted by Gasteiger charge is 2.12. The Hall–Kier alpha value is -1.31. The van der Waals surface area contributed by atoms with Crippen LogP contribution in [0, 0.1) is 19.8 Å². The number of carbonyl (C=O) groups excluding carboxylic acids is 1. The number of anilines is 1. The Kier molecular flexibility index (Phi) is 4.53. The number of amides is 1. The fraction of sp³-hybridized carbons (Fsp3) is 0.500. The number of carbonyl (C=O) groups is 1. The molecule has 1 amide bonds. The van der Waals surface area contributed by atoms with Crippen LogP contribution in [0.1, 0.15) is 37.8 Å². The molecule has 0 saturated carbocycles. The van der Waals surface area contributed by atoms with Crippen LogP contribution in [0.4, 0.5) is 5.69 Å². The molecule has 0 bridgehead atoms. The second kappa shape index (κ2) is 5.69. The van der Waals surface area contributed by atoms with Crippen LogP contribution in [-0.2, 0) is 4.79 Å². The molecule has 0 radical (unpaired) electrons. The molecular formula is C14H21NO. The van der Waals surface area contributed by atoms with Gasteiger partial charge >= 0.3 is 0 Å². The second-order valence-corrected chi connectivity index (χ2v) is 4.50. The van der Waals surface area contributed by atoms with Crippen LogP contribution >= 0.6 is 0 Å². The van der Waals surface area contributed by atoms with Gasteiger partial charge in [0.1, 0.15) is 0 Å². The molecule has 2 nitrogen and oxygen atoms in total. The van der Waals surface area contributed by atoms with E-state index in [1.54, 1.807) is 0 Å². The third-order valence-electron chi connectivity index (χ3n) is 2.81. The Bertz CT molecular complexity index is 371. The summed E-state index contributed by atoms with van der Waals surface area (Å²) in [6, 6.07) is 6.08. The minimum absolute atomic E-state index is 0.0886. The molecule has 2 heteroatoms. The van der Waals surface area contributed by atoms with E-state index >= 15 is 0 Å². The number of nitrogens with one attached hydrogen (secondary N) is 1. The number of hydrogen-bond acceptors (Lipinski definition) is 1. The molecule has 0 spiro atoms. The summed E-state index contributed by atoms with van der Waals surface area (Å²) in [5.74, 6) is 0.208. The molecule has 88 valence electrons. The van der Waals surface area contributed by atoms with Crippen LogP contribution in [0.25, 0.3) is 0 Å². The van der Waals surface area contributed by atoms with E-state index in [-0.39, 0.29) is 11.8 Å². The summed E-state index contributed by atoms with van der Waals surface area (Å²) in [4.78, 5) is 11.8. The number of hydrogen-bond donors (Lipinski definition) is 1. The first-order chi connectivity index (χ1) is 7.54. The first-order valence-electron chi connectivity index (χ1n) is 5.92. The van der Waals surface area contributed by atoms with E-state index in [0.29, 0.717) is 0 Å². The lowest BCUT2D eigenvalue weighted by molar-refractivity contribution is -0.119. The van der Waals surface area contributed by atoms with Crippen molar-refractivity contribution in [2.45, 2.75) is 40.5 Å². The summed E-state index contributed by atoms with van der Waals surface area (Å²) in [6.07, 6.45) is 1.98. The predicted molar refractivity (Wildman–Crippen MR) is 68.6 cm³/mol. The highest BCUT2D eigenvalue weighted by Crippen LogP contribution is 2.17. The first kappa shape index (κ1) is 12.8. The predicted octanol–water partition coefficient (Wildman–Crippen LogP) is 3.68. The van der Waals surface area contributed by atoms with Crippen molar-refractivity contribution in [2.75, 3.05) is 5.32 Å². The summed E-state index contributed by atoms with van der Waals surface area (Å²) in [5, 5.41) is 2.98. The first-order valence-corrected chi connectivity index (χ1v) is 5.92. The zero-order valence-corrected chi connectivity index (χ0v) is 10.6. The summed E-state index contributed by atoms with van der Waals surface area (Å²) in [6.45, 7) is 8.15. The van der Waals surface area contributed by atoms with Crippen LogP contribution in [0.3, 0.4) is 0 Å². The van der Waals surface area contributed by atoms with Crippen LogP contribution in [0.15, 0.2) is 18.2 Å². The zero-order chi connectivity index (χ0) is 12.1. The average molecular weight is 219 g/mol. The fourth-order valence-electron chi connectivity index (χ4n) is 1.77. The molecule has 16 heavy (non-hydrogen) atoms.